The lowest BCUT2D eigenvalue weighted by Crippen LogP contribution is -2.31. The van der Waals surface area contributed by atoms with Gasteiger partial charge in [0.2, 0.25) is 5.89 Å². The summed E-state index contributed by atoms with van der Waals surface area (Å²) in [5.41, 5.74) is 22.8. The fraction of sp³-hybridized carbons (Fsp3) is 0.122. The van der Waals surface area contributed by atoms with Crippen molar-refractivity contribution in [1.82, 2.24) is 55.3 Å². The van der Waals surface area contributed by atoms with Crippen LogP contribution in [0.1, 0.15) is 41.7 Å². The summed E-state index contributed by atoms with van der Waals surface area (Å²) in [4.78, 5) is 84.1. The summed E-state index contributed by atoms with van der Waals surface area (Å²) in [6, 6.07) is 19.5. The highest BCUT2D eigenvalue weighted by Crippen LogP contribution is 2.29. The molecule has 0 aliphatic rings. The number of ether oxygens (including phenoxy) is 1. The molecule has 0 saturated heterocycles. The molecule has 9 N–H and O–H groups in total. The van der Waals surface area contributed by atoms with Crippen LogP contribution in [0, 0.1) is 10.1 Å². The number of nitro benzene ring substituents is 1. The van der Waals surface area contributed by atoms with Crippen molar-refractivity contribution in [3.63, 3.8) is 0 Å². The Kier molecular flexibility index (Phi) is 15.7. The number of aromatic nitrogens is 8. The predicted octanol–water partition coefficient (Wildman–Crippen LogP) is 3.69. The zero-order chi connectivity index (χ0) is 48.2. The van der Waals surface area contributed by atoms with E-state index in [1.807, 2.05) is 5.43 Å². The van der Waals surface area contributed by atoms with Crippen LogP contribution in [0.4, 0.5) is 23.1 Å². The Hall–Kier alpha value is -8.84. The van der Waals surface area contributed by atoms with E-state index in [4.69, 9.17) is 27.5 Å². The minimum absolute atomic E-state index is 0.00824. The Morgan fingerprint density at radius 2 is 1.21 bits per heavy atom. The van der Waals surface area contributed by atoms with Gasteiger partial charge in [0, 0.05) is 68.1 Å². The Bertz CT molecular complexity index is 2910. The normalized spacial score (nSPS) is 10.3. The lowest BCUT2D eigenvalue weighted by atomic mass is 10.1. The lowest BCUT2D eigenvalue weighted by Gasteiger charge is -2.10. The zero-order valence-corrected chi connectivity index (χ0v) is 37.1. The molecule has 0 fully saturated rings. The summed E-state index contributed by atoms with van der Waals surface area (Å²) < 4.78 is 10.5. The fourth-order valence-corrected chi connectivity index (χ4v) is 5.64. The van der Waals surface area contributed by atoms with Crippen molar-refractivity contribution in [2.75, 3.05) is 52.5 Å². The number of carbonyl (C=O) groups excluding carboxylic acids is 4. The number of non-ortho nitro benzene ring substituents is 1. The number of anilines is 3. The van der Waals surface area contributed by atoms with Gasteiger partial charge in [0.1, 0.15) is 4.60 Å². The molecule has 0 saturated carbocycles. The SMILES string of the molecule is CN(C)C(=O)c1ccc(-c2cnc(N)c(-c3nnc(-c4cccc([N+](=O)[O-])c4)o3)n2)cc1.CN(C)C(=O)c1ccc(-c2cnc(N)c(C(=O)NN)n2)cc1.COC(=O)c1nc(Br)cnc1N. The van der Waals surface area contributed by atoms with E-state index in [1.165, 1.54) is 53.7 Å². The maximum absolute atomic E-state index is 12.1. The van der Waals surface area contributed by atoms with Gasteiger partial charge in [-0.15, -0.1) is 10.2 Å². The molecule has 3 amide bonds. The van der Waals surface area contributed by atoms with Crippen molar-refractivity contribution in [3.8, 4) is 45.6 Å². The second-order valence-electron chi connectivity index (χ2n) is 13.6. The van der Waals surface area contributed by atoms with Gasteiger partial charge in [-0.2, -0.15) is 0 Å². The number of nitrogens with zero attached hydrogens (tertiary/aromatic N) is 11. The minimum atomic E-state index is -0.619. The number of rotatable bonds is 9. The number of nitro groups is 1. The quantitative estimate of drug-likeness (QED) is 0.0452. The molecule has 338 valence electrons. The monoisotopic (exact) mass is 962 g/mol. The molecular weight excluding hydrogens is 924 g/mol. The van der Waals surface area contributed by atoms with Crippen LogP contribution in [0.25, 0.3) is 45.6 Å². The van der Waals surface area contributed by atoms with Crippen LogP contribution in [-0.2, 0) is 4.74 Å². The number of hydrogen-bond donors (Lipinski definition) is 5. The predicted molar refractivity (Wildman–Crippen MR) is 242 cm³/mol. The molecule has 25 heteroatoms. The van der Waals surface area contributed by atoms with E-state index in [-0.39, 0.29) is 63.8 Å². The summed E-state index contributed by atoms with van der Waals surface area (Å²) in [7, 11) is 7.98. The van der Waals surface area contributed by atoms with E-state index in [0.717, 1.165) is 0 Å². The summed E-state index contributed by atoms with van der Waals surface area (Å²) >= 11 is 3.06. The molecule has 0 bridgehead atoms. The van der Waals surface area contributed by atoms with Crippen molar-refractivity contribution in [2.24, 2.45) is 5.84 Å². The number of nitrogen functional groups attached to an aromatic ring is 4. The van der Waals surface area contributed by atoms with Crippen LogP contribution >= 0.6 is 15.9 Å². The van der Waals surface area contributed by atoms with Gasteiger partial charge in [-0.1, -0.05) is 30.3 Å². The van der Waals surface area contributed by atoms with Crippen LogP contribution < -0.4 is 28.5 Å². The van der Waals surface area contributed by atoms with Gasteiger partial charge in [-0.3, -0.25) is 29.9 Å². The van der Waals surface area contributed by atoms with E-state index < -0.39 is 16.8 Å². The van der Waals surface area contributed by atoms with Crippen LogP contribution in [0.15, 0.2) is 100 Å². The summed E-state index contributed by atoms with van der Waals surface area (Å²) in [5, 5.41) is 18.9. The summed E-state index contributed by atoms with van der Waals surface area (Å²) in [6.07, 6.45) is 4.35. The average Bonchev–Trinajstić information content (AvgIpc) is 3.82. The first kappa shape index (κ1) is 48.2. The van der Waals surface area contributed by atoms with Gasteiger partial charge in [-0.05, 0) is 46.3 Å². The molecule has 3 aromatic carbocycles. The van der Waals surface area contributed by atoms with E-state index >= 15 is 0 Å². The molecule has 0 atom stereocenters. The molecule has 0 aliphatic carbocycles. The number of methoxy groups -OCH3 is 1. The van der Waals surface area contributed by atoms with Crippen LogP contribution in [0.5, 0.6) is 0 Å². The van der Waals surface area contributed by atoms with Gasteiger partial charge in [-0.25, -0.2) is 40.5 Å². The molecule has 0 radical (unpaired) electrons. The molecule has 4 aromatic heterocycles. The Labute approximate surface area is 382 Å². The third kappa shape index (κ3) is 11.8. The van der Waals surface area contributed by atoms with Gasteiger partial charge in [0.25, 0.3) is 29.3 Å². The third-order valence-corrected chi connectivity index (χ3v) is 9.08. The van der Waals surface area contributed by atoms with Crippen molar-refractivity contribution >= 4 is 62.8 Å². The standard InChI is InChI=1S/C21H17N7O4.C14H16N6O2.C6H6BrN3O2/c1-27(2)21(29)13-8-6-12(7-9-13)16-11-23-18(22)17(24-16)20-26-25-19(32-20)14-4-3-5-15(10-14)28(30)31;1-20(2)14(22)9-5-3-8(4-6-9)10-7-17-12(15)11(18-10)13(21)19-16;1-12-6(11)4-5(8)9-2-3(7)10-4/h3-11H,1-2H3,(H2,22,23);3-7H,16H2,1-2H3,(H2,15,17)(H,19,21);2H,1H3,(H2,8,9). The Balaban J connectivity index is 0.000000207. The Morgan fingerprint density at radius 3 is 1.74 bits per heavy atom. The molecule has 7 rings (SSSR count). The second kappa shape index (κ2) is 21.5. The van der Waals surface area contributed by atoms with Gasteiger partial charge < -0.3 is 36.2 Å². The van der Waals surface area contributed by atoms with E-state index in [0.29, 0.717) is 43.8 Å². The first-order chi connectivity index (χ1) is 31.4. The highest BCUT2D eigenvalue weighted by molar-refractivity contribution is 9.10. The van der Waals surface area contributed by atoms with Gasteiger partial charge >= 0.3 is 5.97 Å². The smallest absolute Gasteiger partial charge is 0.360 e. The van der Waals surface area contributed by atoms with Crippen LogP contribution in [0.2, 0.25) is 0 Å². The van der Waals surface area contributed by atoms with E-state index in [2.05, 4.69) is 60.8 Å². The topological polar surface area (TPSA) is 359 Å². The molecule has 66 heavy (non-hydrogen) atoms. The first-order valence-corrected chi connectivity index (χ1v) is 19.6. The van der Waals surface area contributed by atoms with Crippen molar-refractivity contribution in [3.05, 3.63) is 129 Å². The largest absolute Gasteiger partial charge is 0.464 e. The van der Waals surface area contributed by atoms with E-state index in [9.17, 15) is 29.3 Å². The molecule has 24 nitrogen and oxygen atoms in total. The number of hydrazine groups is 1. The lowest BCUT2D eigenvalue weighted by molar-refractivity contribution is -0.384. The number of nitrogens with one attached hydrogen (secondary N) is 1. The number of hydrogen-bond acceptors (Lipinski definition) is 20. The number of amides is 3. The first-order valence-electron chi connectivity index (χ1n) is 18.8. The average molecular weight is 964 g/mol. The molecular formula is C41H39BrN16O8. The molecule has 0 unspecified atom stereocenters. The Morgan fingerprint density at radius 1 is 0.697 bits per heavy atom. The number of benzene rings is 3. The third-order valence-electron chi connectivity index (χ3n) is 8.70. The molecule has 0 aliphatic heterocycles. The highest BCUT2D eigenvalue weighted by Gasteiger charge is 2.19. The maximum atomic E-state index is 12.1. The van der Waals surface area contributed by atoms with Crippen molar-refractivity contribution in [1.29, 1.82) is 0 Å². The van der Waals surface area contributed by atoms with Crippen LogP contribution in [-0.4, -0.2) is 114 Å². The van der Waals surface area contributed by atoms with Crippen LogP contribution in [0.3, 0.4) is 0 Å². The zero-order valence-electron chi connectivity index (χ0n) is 35.5. The van der Waals surface area contributed by atoms with Gasteiger partial charge in [0.15, 0.2) is 34.5 Å². The fourth-order valence-electron chi connectivity index (χ4n) is 5.36. The number of halogens is 1. The number of esters is 1. The minimum Gasteiger partial charge on any atom is -0.464 e. The number of nitrogens with two attached hydrogens (primary N) is 4. The highest BCUT2D eigenvalue weighted by atomic mass is 79.9. The van der Waals surface area contributed by atoms with Crippen molar-refractivity contribution in [2.45, 2.75) is 0 Å². The second-order valence-corrected chi connectivity index (χ2v) is 14.5. The summed E-state index contributed by atoms with van der Waals surface area (Å²) in [5.74, 6) is 3.90. The molecule has 0 spiro atoms. The summed E-state index contributed by atoms with van der Waals surface area (Å²) in [6.45, 7) is 0. The molecule has 7 aromatic rings. The maximum Gasteiger partial charge on any atom is 0.360 e. The molecule has 4 heterocycles. The van der Waals surface area contributed by atoms with E-state index in [1.54, 1.807) is 82.8 Å². The van der Waals surface area contributed by atoms with Crippen molar-refractivity contribution < 1.29 is 33.3 Å². The van der Waals surface area contributed by atoms with Gasteiger partial charge in [0.05, 0.1) is 42.0 Å². The number of carbonyl (C=O) groups is 4.